The van der Waals surface area contributed by atoms with Crippen molar-refractivity contribution in [3.8, 4) is 11.5 Å². The Bertz CT molecular complexity index is 818. The highest BCUT2D eigenvalue weighted by molar-refractivity contribution is 8.18. The van der Waals surface area contributed by atoms with E-state index in [0.29, 0.717) is 18.8 Å². The number of amides is 3. The second kappa shape index (κ2) is 11.5. The van der Waals surface area contributed by atoms with Gasteiger partial charge in [-0.1, -0.05) is 6.07 Å². The average molecular weight is 444 g/mol. The van der Waals surface area contributed by atoms with Crippen molar-refractivity contribution in [2.75, 3.05) is 33.4 Å². The van der Waals surface area contributed by atoms with Crippen LogP contribution in [0.5, 0.6) is 11.5 Å². The van der Waals surface area contributed by atoms with Gasteiger partial charge in [0.05, 0.1) is 18.6 Å². The molecule has 0 radical (unpaired) electrons. The van der Waals surface area contributed by atoms with Gasteiger partial charge in [0.25, 0.3) is 11.1 Å². The number of benzene rings is 1. The van der Waals surface area contributed by atoms with Gasteiger partial charge < -0.3 is 19.5 Å². The fourth-order valence-electron chi connectivity index (χ4n) is 2.52. The molecule has 8 nitrogen and oxygen atoms in total. The minimum absolute atomic E-state index is 0.0346. The zero-order valence-corrected chi connectivity index (χ0v) is 17.3. The van der Waals surface area contributed by atoms with Crippen LogP contribution in [-0.4, -0.2) is 62.0 Å². The van der Waals surface area contributed by atoms with E-state index >= 15 is 0 Å². The smallest absolute Gasteiger partial charge is 0.387 e. The minimum atomic E-state index is -3.00. The molecule has 1 fully saturated rings. The molecule has 1 aromatic carbocycles. The number of nitrogens with one attached hydrogen (secondary N) is 1. The SMILES string of the molecule is CCOCCC(=O)NCCN1C(=O)S/C(=C/c2ccc(OC(F)F)c(OC)c2)C1=O. The summed E-state index contributed by atoms with van der Waals surface area (Å²) in [5, 5.41) is 2.17. The molecule has 0 spiro atoms. The standard InChI is InChI=1S/C19H22F2N2O6S/c1-3-28-9-6-16(24)22-7-8-23-17(25)15(30-19(23)26)11-12-4-5-13(29-18(20)21)14(10-12)27-2/h4-5,10-11,18H,3,6-9H2,1-2H3,(H,22,24)/b15-11+. The first-order chi connectivity index (χ1) is 14.3. The Morgan fingerprint density at radius 2 is 2.07 bits per heavy atom. The summed E-state index contributed by atoms with van der Waals surface area (Å²) in [6, 6.07) is 4.18. The quantitative estimate of drug-likeness (QED) is 0.414. The lowest BCUT2D eigenvalue weighted by Crippen LogP contribution is -2.37. The van der Waals surface area contributed by atoms with E-state index in [-0.39, 0.29) is 41.8 Å². The number of nitrogens with zero attached hydrogens (tertiary/aromatic N) is 1. The molecule has 11 heteroatoms. The van der Waals surface area contributed by atoms with Gasteiger partial charge in [0.15, 0.2) is 11.5 Å². The van der Waals surface area contributed by atoms with Gasteiger partial charge in [0.1, 0.15) is 0 Å². The molecule has 0 bridgehead atoms. The van der Waals surface area contributed by atoms with Crippen LogP contribution in [0.3, 0.4) is 0 Å². The van der Waals surface area contributed by atoms with E-state index < -0.39 is 17.8 Å². The summed E-state index contributed by atoms with van der Waals surface area (Å²) in [5.74, 6) is -0.805. The van der Waals surface area contributed by atoms with Crippen molar-refractivity contribution in [1.82, 2.24) is 10.2 Å². The van der Waals surface area contributed by atoms with Crippen molar-refractivity contribution in [2.45, 2.75) is 20.0 Å². The van der Waals surface area contributed by atoms with Crippen LogP contribution in [0.25, 0.3) is 6.08 Å². The Morgan fingerprint density at radius 1 is 1.30 bits per heavy atom. The topological polar surface area (TPSA) is 94.2 Å². The predicted molar refractivity (Wildman–Crippen MR) is 106 cm³/mol. The van der Waals surface area contributed by atoms with Gasteiger partial charge in [0.2, 0.25) is 5.91 Å². The fraction of sp³-hybridized carbons (Fsp3) is 0.421. The third-order valence-electron chi connectivity index (χ3n) is 3.91. The summed E-state index contributed by atoms with van der Waals surface area (Å²) < 4.78 is 39.3. The fourth-order valence-corrected chi connectivity index (χ4v) is 3.38. The highest BCUT2D eigenvalue weighted by Crippen LogP contribution is 2.34. The number of carbonyl (C=O) groups excluding carboxylic acids is 3. The van der Waals surface area contributed by atoms with Crippen molar-refractivity contribution >= 4 is 34.9 Å². The molecule has 1 N–H and O–H groups in total. The number of rotatable bonds is 11. The van der Waals surface area contributed by atoms with Crippen LogP contribution in [0.15, 0.2) is 23.1 Å². The summed E-state index contributed by atoms with van der Waals surface area (Å²) in [6.07, 6.45) is 1.66. The average Bonchev–Trinajstić information content (AvgIpc) is 2.96. The Labute approximate surface area is 176 Å². The van der Waals surface area contributed by atoms with E-state index in [9.17, 15) is 23.2 Å². The Morgan fingerprint density at radius 3 is 2.73 bits per heavy atom. The summed E-state index contributed by atoms with van der Waals surface area (Å²) in [5.41, 5.74) is 0.475. The molecular formula is C19H22F2N2O6S. The van der Waals surface area contributed by atoms with Crippen molar-refractivity contribution in [1.29, 1.82) is 0 Å². The molecule has 0 saturated carbocycles. The molecule has 0 atom stereocenters. The maximum absolute atomic E-state index is 12.5. The van der Waals surface area contributed by atoms with Gasteiger partial charge in [-0.05, 0) is 42.5 Å². The van der Waals surface area contributed by atoms with Gasteiger partial charge in [-0.3, -0.25) is 19.3 Å². The van der Waals surface area contributed by atoms with Crippen LogP contribution in [0.4, 0.5) is 13.6 Å². The minimum Gasteiger partial charge on any atom is -0.493 e. The van der Waals surface area contributed by atoms with Crippen LogP contribution < -0.4 is 14.8 Å². The summed E-state index contributed by atoms with van der Waals surface area (Å²) in [7, 11) is 1.30. The van der Waals surface area contributed by atoms with Gasteiger partial charge in [-0.2, -0.15) is 8.78 Å². The van der Waals surface area contributed by atoms with E-state index in [1.807, 2.05) is 6.92 Å². The molecular weight excluding hydrogens is 422 g/mol. The molecule has 0 aromatic heterocycles. The number of alkyl halides is 2. The summed E-state index contributed by atoms with van der Waals surface area (Å²) in [4.78, 5) is 37.5. The number of hydrogen-bond acceptors (Lipinski definition) is 7. The number of thioether (sulfide) groups is 1. The molecule has 3 amide bonds. The molecule has 1 aromatic rings. The van der Waals surface area contributed by atoms with Crippen molar-refractivity contribution < 1.29 is 37.4 Å². The van der Waals surface area contributed by atoms with Gasteiger partial charge in [-0.15, -0.1) is 0 Å². The first-order valence-electron chi connectivity index (χ1n) is 9.08. The highest BCUT2D eigenvalue weighted by Gasteiger charge is 2.34. The molecule has 30 heavy (non-hydrogen) atoms. The van der Waals surface area contributed by atoms with Crippen LogP contribution in [-0.2, 0) is 14.3 Å². The molecule has 2 rings (SSSR count). The Balaban J connectivity index is 1.98. The highest BCUT2D eigenvalue weighted by atomic mass is 32.2. The first-order valence-corrected chi connectivity index (χ1v) is 9.90. The maximum atomic E-state index is 12.5. The van der Waals surface area contributed by atoms with Gasteiger partial charge in [0, 0.05) is 26.1 Å². The molecule has 1 heterocycles. The number of halogens is 2. The second-order valence-electron chi connectivity index (χ2n) is 5.92. The lowest BCUT2D eigenvalue weighted by molar-refractivity contribution is -0.124. The van der Waals surface area contributed by atoms with Gasteiger partial charge >= 0.3 is 6.61 Å². The van der Waals surface area contributed by atoms with Crippen molar-refractivity contribution in [2.24, 2.45) is 0 Å². The zero-order chi connectivity index (χ0) is 22.1. The lowest BCUT2D eigenvalue weighted by atomic mass is 10.2. The lowest BCUT2D eigenvalue weighted by Gasteiger charge is -2.13. The predicted octanol–water partition coefficient (Wildman–Crippen LogP) is 2.88. The third-order valence-corrected chi connectivity index (χ3v) is 4.82. The van der Waals surface area contributed by atoms with Crippen molar-refractivity contribution in [3.05, 3.63) is 28.7 Å². The van der Waals surface area contributed by atoms with Crippen molar-refractivity contribution in [3.63, 3.8) is 0 Å². The number of carbonyl (C=O) groups is 3. The largest absolute Gasteiger partial charge is 0.493 e. The van der Waals surface area contributed by atoms with E-state index in [4.69, 9.17) is 9.47 Å². The molecule has 0 aliphatic carbocycles. The van der Waals surface area contributed by atoms with E-state index in [2.05, 4.69) is 10.1 Å². The summed E-state index contributed by atoms with van der Waals surface area (Å²) in [6.45, 7) is -0.189. The molecule has 164 valence electrons. The van der Waals surface area contributed by atoms with Crippen LogP contribution in [0.2, 0.25) is 0 Å². The third kappa shape index (κ3) is 6.70. The number of ether oxygens (including phenoxy) is 3. The molecule has 1 aliphatic rings. The molecule has 0 unspecified atom stereocenters. The number of methoxy groups -OCH3 is 1. The number of hydrogen-bond donors (Lipinski definition) is 1. The zero-order valence-electron chi connectivity index (χ0n) is 16.5. The second-order valence-corrected chi connectivity index (χ2v) is 6.91. The van der Waals surface area contributed by atoms with Crippen LogP contribution in [0, 0.1) is 0 Å². The molecule has 1 saturated heterocycles. The first kappa shape index (κ1) is 23.6. The van der Waals surface area contributed by atoms with E-state index in [1.54, 1.807) is 0 Å². The van der Waals surface area contributed by atoms with Crippen LogP contribution >= 0.6 is 11.8 Å². The summed E-state index contributed by atoms with van der Waals surface area (Å²) >= 11 is 0.754. The Hall–Kier alpha value is -2.66. The van der Waals surface area contributed by atoms with Crippen LogP contribution in [0.1, 0.15) is 18.9 Å². The number of imide groups is 1. The molecule has 1 aliphatic heterocycles. The van der Waals surface area contributed by atoms with Gasteiger partial charge in [-0.25, -0.2) is 0 Å². The monoisotopic (exact) mass is 444 g/mol. The van der Waals surface area contributed by atoms with E-state index in [0.717, 1.165) is 16.7 Å². The maximum Gasteiger partial charge on any atom is 0.387 e. The van der Waals surface area contributed by atoms with E-state index in [1.165, 1.54) is 31.4 Å². The Kier molecular flexibility index (Phi) is 9.06. The normalized spacial score (nSPS) is 15.2.